The predicted octanol–water partition coefficient (Wildman–Crippen LogP) is 2.08. The van der Waals surface area contributed by atoms with Gasteiger partial charge in [0.25, 0.3) is 5.69 Å². The SMILES string of the molecule is CCc1nn(C)cc1CNc1cc(N)cc([N+](=O)[O-])c1. The molecule has 0 aliphatic heterocycles. The quantitative estimate of drug-likeness (QED) is 0.494. The van der Waals surface area contributed by atoms with E-state index in [1.54, 1.807) is 10.7 Å². The number of nitrogens with two attached hydrogens (primary N) is 1. The largest absolute Gasteiger partial charge is 0.398 e. The molecule has 0 unspecified atom stereocenters. The van der Waals surface area contributed by atoms with E-state index < -0.39 is 4.92 Å². The summed E-state index contributed by atoms with van der Waals surface area (Å²) >= 11 is 0. The molecule has 0 radical (unpaired) electrons. The lowest BCUT2D eigenvalue weighted by Gasteiger charge is -2.07. The van der Waals surface area contributed by atoms with Crippen molar-refractivity contribution < 1.29 is 4.92 Å². The molecule has 2 rings (SSSR count). The molecule has 2 aromatic rings. The highest BCUT2D eigenvalue weighted by atomic mass is 16.6. The van der Waals surface area contributed by atoms with Gasteiger partial charge in [0, 0.05) is 48.9 Å². The standard InChI is InChI=1S/C13H17N5O2/c1-3-13-9(8-17(2)16-13)7-15-11-4-10(14)5-12(6-11)18(19)20/h4-6,8,15H,3,7,14H2,1-2H3. The van der Waals surface area contributed by atoms with Gasteiger partial charge in [-0.2, -0.15) is 5.10 Å². The normalized spacial score (nSPS) is 10.5. The molecule has 1 aromatic carbocycles. The molecule has 7 heteroatoms. The second kappa shape index (κ2) is 5.60. The number of aromatic nitrogens is 2. The topological polar surface area (TPSA) is 99.0 Å². The molecule has 0 atom stereocenters. The molecule has 106 valence electrons. The Kier molecular flexibility index (Phi) is 3.88. The van der Waals surface area contributed by atoms with Gasteiger partial charge in [-0.1, -0.05) is 6.92 Å². The zero-order valence-electron chi connectivity index (χ0n) is 11.5. The van der Waals surface area contributed by atoms with Crippen LogP contribution >= 0.6 is 0 Å². The van der Waals surface area contributed by atoms with Crippen molar-refractivity contribution in [3.8, 4) is 0 Å². The van der Waals surface area contributed by atoms with E-state index in [2.05, 4.69) is 10.4 Å². The summed E-state index contributed by atoms with van der Waals surface area (Å²) in [6.45, 7) is 2.59. The number of nitro benzene ring substituents is 1. The van der Waals surface area contributed by atoms with Crippen molar-refractivity contribution in [1.82, 2.24) is 9.78 Å². The molecule has 3 N–H and O–H groups in total. The molecule has 0 saturated carbocycles. The summed E-state index contributed by atoms with van der Waals surface area (Å²) in [5.74, 6) is 0. The third-order valence-corrected chi connectivity index (χ3v) is 2.96. The van der Waals surface area contributed by atoms with Crippen molar-refractivity contribution in [2.45, 2.75) is 19.9 Å². The Bertz CT molecular complexity index is 636. The van der Waals surface area contributed by atoms with Crippen LogP contribution in [0.2, 0.25) is 0 Å². The molecule has 0 aliphatic rings. The number of non-ortho nitro benzene ring substituents is 1. The van der Waals surface area contributed by atoms with Gasteiger partial charge in [0.1, 0.15) is 0 Å². The van der Waals surface area contributed by atoms with Gasteiger partial charge in [0.15, 0.2) is 0 Å². The number of rotatable bonds is 5. The first kappa shape index (κ1) is 13.9. The fourth-order valence-corrected chi connectivity index (χ4v) is 2.07. The molecule has 20 heavy (non-hydrogen) atoms. The van der Waals surface area contributed by atoms with Crippen LogP contribution in [0.5, 0.6) is 0 Å². The van der Waals surface area contributed by atoms with E-state index in [-0.39, 0.29) is 5.69 Å². The molecule has 7 nitrogen and oxygen atoms in total. The Labute approximate surface area is 116 Å². The van der Waals surface area contributed by atoms with Gasteiger partial charge in [-0.25, -0.2) is 0 Å². The Balaban J connectivity index is 2.16. The number of hydrogen-bond donors (Lipinski definition) is 2. The van der Waals surface area contributed by atoms with Crippen molar-refractivity contribution in [3.05, 3.63) is 45.8 Å². The summed E-state index contributed by atoms with van der Waals surface area (Å²) < 4.78 is 1.76. The first-order valence-electron chi connectivity index (χ1n) is 6.29. The molecular weight excluding hydrogens is 258 g/mol. The summed E-state index contributed by atoms with van der Waals surface area (Å²) in [6.07, 6.45) is 2.78. The first-order valence-corrected chi connectivity index (χ1v) is 6.29. The van der Waals surface area contributed by atoms with Gasteiger partial charge in [0.2, 0.25) is 0 Å². The number of nitrogen functional groups attached to an aromatic ring is 1. The minimum absolute atomic E-state index is 0.0191. The summed E-state index contributed by atoms with van der Waals surface area (Å²) in [4.78, 5) is 10.3. The third-order valence-electron chi connectivity index (χ3n) is 2.96. The maximum absolute atomic E-state index is 10.8. The number of hydrogen-bond acceptors (Lipinski definition) is 5. The Morgan fingerprint density at radius 2 is 2.20 bits per heavy atom. The lowest BCUT2D eigenvalue weighted by molar-refractivity contribution is -0.384. The maximum atomic E-state index is 10.8. The van der Waals surface area contributed by atoms with Crippen LogP contribution in [-0.2, 0) is 20.0 Å². The van der Waals surface area contributed by atoms with Crippen molar-refractivity contribution >= 4 is 17.1 Å². The summed E-state index contributed by atoms with van der Waals surface area (Å²) in [7, 11) is 1.87. The molecular formula is C13H17N5O2. The van der Waals surface area contributed by atoms with Crippen LogP contribution in [0.25, 0.3) is 0 Å². The van der Waals surface area contributed by atoms with Crippen LogP contribution in [0.4, 0.5) is 17.1 Å². The van der Waals surface area contributed by atoms with Crippen LogP contribution in [0.15, 0.2) is 24.4 Å². The number of nitrogens with zero attached hydrogens (tertiary/aromatic N) is 3. The molecule has 1 aromatic heterocycles. The predicted molar refractivity (Wildman–Crippen MR) is 77.4 cm³/mol. The lowest BCUT2D eigenvalue weighted by atomic mass is 10.2. The molecule has 0 saturated heterocycles. The van der Waals surface area contributed by atoms with Crippen LogP contribution in [0.1, 0.15) is 18.2 Å². The third kappa shape index (κ3) is 3.05. The monoisotopic (exact) mass is 275 g/mol. The Hall–Kier alpha value is -2.57. The number of anilines is 2. The van der Waals surface area contributed by atoms with E-state index in [4.69, 9.17) is 5.73 Å². The highest BCUT2D eigenvalue weighted by Crippen LogP contribution is 2.23. The van der Waals surface area contributed by atoms with Gasteiger partial charge in [-0.15, -0.1) is 0 Å². The number of aryl methyl sites for hydroxylation is 2. The first-order chi connectivity index (χ1) is 9.49. The molecule has 0 bridgehead atoms. The van der Waals surface area contributed by atoms with Crippen molar-refractivity contribution in [1.29, 1.82) is 0 Å². The fourth-order valence-electron chi connectivity index (χ4n) is 2.07. The molecule has 0 aliphatic carbocycles. The van der Waals surface area contributed by atoms with E-state index in [1.807, 2.05) is 20.2 Å². The van der Waals surface area contributed by atoms with E-state index >= 15 is 0 Å². The van der Waals surface area contributed by atoms with Gasteiger partial charge in [0.05, 0.1) is 10.6 Å². The summed E-state index contributed by atoms with van der Waals surface area (Å²) in [6, 6.07) is 4.49. The van der Waals surface area contributed by atoms with E-state index in [0.717, 1.165) is 17.7 Å². The number of benzene rings is 1. The highest BCUT2D eigenvalue weighted by Gasteiger charge is 2.10. The smallest absolute Gasteiger partial charge is 0.273 e. The lowest BCUT2D eigenvalue weighted by Crippen LogP contribution is -2.02. The van der Waals surface area contributed by atoms with Crippen molar-refractivity contribution in [2.75, 3.05) is 11.1 Å². The number of nitro groups is 1. The average Bonchev–Trinajstić information content (AvgIpc) is 2.76. The fraction of sp³-hybridized carbons (Fsp3) is 0.308. The van der Waals surface area contributed by atoms with Gasteiger partial charge in [-0.3, -0.25) is 14.8 Å². The molecule has 0 spiro atoms. The highest BCUT2D eigenvalue weighted by molar-refractivity contribution is 5.61. The molecule has 0 fully saturated rings. The Morgan fingerprint density at radius 3 is 2.85 bits per heavy atom. The van der Waals surface area contributed by atoms with E-state index in [9.17, 15) is 10.1 Å². The van der Waals surface area contributed by atoms with E-state index in [1.165, 1.54) is 12.1 Å². The van der Waals surface area contributed by atoms with E-state index in [0.29, 0.717) is 17.9 Å². The van der Waals surface area contributed by atoms with Crippen LogP contribution in [-0.4, -0.2) is 14.7 Å². The zero-order valence-corrected chi connectivity index (χ0v) is 11.5. The Morgan fingerprint density at radius 1 is 1.45 bits per heavy atom. The second-order valence-corrected chi connectivity index (χ2v) is 4.55. The zero-order chi connectivity index (χ0) is 14.7. The maximum Gasteiger partial charge on any atom is 0.273 e. The van der Waals surface area contributed by atoms with Crippen LogP contribution < -0.4 is 11.1 Å². The molecule has 0 amide bonds. The van der Waals surface area contributed by atoms with Crippen LogP contribution in [0, 0.1) is 10.1 Å². The summed E-state index contributed by atoms with van der Waals surface area (Å²) in [5.41, 5.74) is 8.72. The average molecular weight is 275 g/mol. The van der Waals surface area contributed by atoms with Gasteiger partial charge >= 0.3 is 0 Å². The number of nitrogens with one attached hydrogen (secondary N) is 1. The minimum Gasteiger partial charge on any atom is -0.398 e. The van der Waals surface area contributed by atoms with Gasteiger partial charge in [-0.05, 0) is 12.5 Å². The summed E-state index contributed by atoms with van der Waals surface area (Å²) in [5, 5.41) is 18.3. The minimum atomic E-state index is -0.455. The van der Waals surface area contributed by atoms with Crippen molar-refractivity contribution in [2.24, 2.45) is 7.05 Å². The molecule has 1 heterocycles. The van der Waals surface area contributed by atoms with Gasteiger partial charge < -0.3 is 11.1 Å². The van der Waals surface area contributed by atoms with Crippen molar-refractivity contribution in [3.63, 3.8) is 0 Å². The second-order valence-electron chi connectivity index (χ2n) is 4.55. The van der Waals surface area contributed by atoms with Crippen LogP contribution in [0.3, 0.4) is 0 Å².